The molecule has 1 saturated heterocycles. The highest BCUT2D eigenvalue weighted by molar-refractivity contribution is 7.85. The Balaban J connectivity index is 1.59. The van der Waals surface area contributed by atoms with Gasteiger partial charge < -0.3 is 20.4 Å². The summed E-state index contributed by atoms with van der Waals surface area (Å²) in [6.07, 6.45) is 6.20. The molecule has 2 fully saturated rings. The fraction of sp³-hybridized carbons (Fsp3) is 0.739. The van der Waals surface area contributed by atoms with Crippen molar-refractivity contribution in [3.05, 3.63) is 23.9 Å². The van der Waals surface area contributed by atoms with Crippen LogP contribution in [-0.2, 0) is 17.3 Å². The Morgan fingerprint density at radius 2 is 2.03 bits per heavy atom. The van der Waals surface area contributed by atoms with Crippen molar-refractivity contribution in [1.29, 1.82) is 0 Å². The van der Waals surface area contributed by atoms with Crippen molar-refractivity contribution in [3.8, 4) is 0 Å². The maximum Gasteiger partial charge on any atom is 0.191 e. The van der Waals surface area contributed by atoms with Crippen molar-refractivity contribution in [2.45, 2.75) is 64.3 Å². The summed E-state index contributed by atoms with van der Waals surface area (Å²) >= 11 is 0. The van der Waals surface area contributed by atoms with Crippen LogP contribution in [0.1, 0.15) is 52.0 Å². The number of nitrogens with one attached hydrogen (secondary N) is 2. The molecular weight excluding hydrogens is 408 g/mol. The molecule has 2 aliphatic rings. The lowest BCUT2D eigenvalue weighted by molar-refractivity contribution is 0.270. The molecule has 0 bridgehead atoms. The second-order valence-corrected chi connectivity index (χ2v) is 10.4. The molecular formula is C23H40N6OS. The standard InChI is InChI=1S/C23H40N6OS/c1-4-24-23(27-20-8-7-9-21(17-20)31(30)6-3)26-18-19-10-11-25-22(16-19)29-14-12-28(5-2)13-15-29/h10-11,16,20-21H,4-9,12-15,17-18H2,1-3H3,(H2,24,26,27). The molecule has 3 unspecified atom stereocenters. The number of guanidine groups is 1. The molecule has 1 aliphatic heterocycles. The summed E-state index contributed by atoms with van der Waals surface area (Å²) < 4.78 is 12.3. The van der Waals surface area contributed by atoms with Crippen molar-refractivity contribution in [2.24, 2.45) is 4.99 Å². The number of rotatable bonds is 8. The van der Waals surface area contributed by atoms with Gasteiger partial charge in [0, 0.05) is 66.8 Å². The van der Waals surface area contributed by atoms with Crippen LogP contribution in [0.25, 0.3) is 0 Å². The Morgan fingerprint density at radius 1 is 1.23 bits per heavy atom. The molecule has 31 heavy (non-hydrogen) atoms. The summed E-state index contributed by atoms with van der Waals surface area (Å²) in [5, 5.41) is 7.29. The number of aromatic nitrogens is 1. The van der Waals surface area contributed by atoms with Crippen LogP contribution in [0.15, 0.2) is 23.3 Å². The van der Waals surface area contributed by atoms with Crippen LogP contribution in [0.5, 0.6) is 0 Å². The Bertz CT molecular complexity index is 735. The summed E-state index contributed by atoms with van der Waals surface area (Å²) in [7, 11) is -0.709. The number of nitrogens with zero attached hydrogens (tertiary/aromatic N) is 4. The van der Waals surface area contributed by atoms with Crippen LogP contribution in [0, 0.1) is 0 Å². The second kappa shape index (κ2) is 12.4. The van der Waals surface area contributed by atoms with Gasteiger partial charge in [-0.2, -0.15) is 0 Å². The highest BCUT2D eigenvalue weighted by atomic mass is 32.2. The molecule has 0 radical (unpaired) electrons. The SMILES string of the molecule is CCNC(=NCc1ccnc(N2CCN(CC)CC2)c1)NC1CCCC(S(=O)CC)C1. The summed E-state index contributed by atoms with van der Waals surface area (Å²) in [6.45, 7) is 13.1. The molecule has 1 aliphatic carbocycles. The lowest BCUT2D eigenvalue weighted by atomic mass is 9.95. The van der Waals surface area contributed by atoms with E-state index in [1.165, 1.54) is 5.56 Å². The summed E-state index contributed by atoms with van der Waals surface area (Å²) in [6, 6.07) is 4.57. The smallest absolute Gasteiger partial charge is 0.191 e. The molecule has 1 saturated carbocycles. The highest BCUT2D eigenvalue weighted by Crippen LogP contribution is 2.23. The van der Waals surface area contributed by atoms with Gasteiger partial charge in [0.25, 0.3) is 0 Å². The largest absolute Gasteiger partial charge is 0.357 e. The number of pyridine rings is 1. The molecule has 2 heterocycles. The van der Waals surface area contributed by atoms with Crippen LogP contribution in [0.3, 0.4) is 0 Å². The first-order valence-corrected chi connectivity index (χ1v) is 13.3. The van der Waals surface area contributed by atoms with Gasteiger partial charge in [0.2, 0.25) is 0 Å². The Morgan fingerprint density at radius 3 is 2.74 bits per heavy atom. The van der Waals surface area contributed by atoms with E-state index in [1.54, 1.807) is 0 Å². The Hall–Kier alpha value is -1.67. The first-order chi connectivity index (χ1) is 15.1. The molecule has 8 heteroatoms. The van der Waals surface area contributed by atoms with E-state index in [9.17, 15) is 4.21 Å². The number of piperazine rings is 1. The second-order valence-electron chi connectivity index (χ2n) is 8.44. The first kappa shape index (κ1) is 24.0. The highest BCUT2D eigenvalue weighted by Gasteiger charge is 2.26. The maximum absolute atomic E-state index is 12.3. The zero-order valence-corrected chi connectivity index (χ0v) is 20.3. The van der Waals surface area contributed by atoms with Crippen molar-refractivity contribution < 1.29 is 4.21 Å². The molecule has 1 aromatic heterocycles. The van der Waals surface area contributed by atoms with Gasteiger partial charge in [-0.25, -0.2) is 9.98 Å². The van der Waals surface area contributed by atoms with Crippen LogP contribution >= 0.6 is 0 Å². The third kappa shape index (κ3) is 7.17. The number of hydrogen-bond donors (Lipinski definition) is 2. The average Bonchev–Trinajstić information content (AvgIpc) is 2.82. The van der Waals surface area contributed by atoms with Crippen molar-refractivity contribution >= 4 is 22.6 Å². The topological polar surface area (TPSA) is 72.9 Å². The third-order valence-electron chi connectivity index (χ3n) is 6.34. The van der Waals surface area contributed by atoms with Gasteiger partial charge in [0.15, 0.2) is 5.96 Å². The van der Waals surface area contributed by atoms with E-state index in [0.29, 0.717) is 17.8 Å². The molecule has 0 spiro atoms. The molecule has 0 amide bonds. The zero-order valence-electron chi connectivity index (χ0n) is 19.5. The fourth-order valence-corrected chi connectivity index (χ4v) is 5.81. The zero-order chi connectivity index (χ0) is 22.1. The van der Waals surface area contributed by atoms with Crippen molar-refractivity contribution in [2.75, 3.05) is 49.9 Å². The quantitative estimate of drug-likeness (QED) is 0.470. The van der Waals surface area contributed by atoms with Gasteiger partial charge in [-0.15, -0.1) is 0 Å². The lowest BCUT2D eigenvalue weighted by Gasteiger charge is -2.34. The molecule has 1 aromatic rings. The van der Waals surface area contributed by atoms with E-state index >= 15 is 0 Å². The van der Waals surface area contributed by atoms with Crippen molar-refractivity contribution in [1.82, 2.24) is 20.5 Å². The van der Waals surface area contributed by atoms with E-state index in [2.05, 4.69) is 51.4 Å². The Kier molecular flexibility index (Phi) is 9.58. The summed E-state index contributed by atoms with van der Waals surface area (Å²) in [4.78, 5) is 14.3. The number of likely N-dealkylation sites (N-methyl/N-ethyl adjacent to an activating group) is 1. The lowest BCUT2D eigenvalue weighted by Crippen LogP contribution is -2.46. The van der Waals surface area contributed by atoms with E-state index < -0.39 is 10.8 Å². The normalized spacial score (nSPS) is 24.1. The fourth-order valence-electron chi connectivity index (χ4n) is 4.46. The summed E-state index contributed by atoms with van der Waals surface area (Å²) in [5.74, 6) is 2.66. The average molecular weight is 449 g/mol. The van der Waals surface area contributed by atoms with Gasteiger partial charge >= 0.3 is 0 Å². The predicted molar refractivity (Wildman–Crippen MR) is 131 cm³/mol. The number of anilines is 1. The molecule has 174 valence electrons. The Labute approximate surface area is 190 Å². The van der Waals surface area contributed by atoms with Gasteiger partial charge in [-0.3, -0.25) is 4.21 Å². The monoisotopic (exact) mass is 448 g/mol. The minimum absolute atomic E-state index is 0.315. The minimum atomic E-state index is -0.709. The third-order valence-corrected chi connectivity index (χ3v) is 8.08. The van der Waals surface area contributed by atoms with E-state index in [0.717, 1.165) is 82.5 Å². The van der Waals surface area contributed by atoms with Gasteiger partial charge in [-0.05, 0) is 50.4 Å². The van der Waals surface area contributed by atoms with Crippen LogP contribution in [-0.4, -0.2) is 76.4 Å². The van der Waals surface area contributed by atoms with E-state index in [1.807, 2.05) is 13.1 Å². The minimum Gasteiger partial charge on any atom is -0.357 e. The summed E-state index contributed by atoms with van der Waals surface area (Å²) in [5.41, 5.74) is 1.17. The van der Waals surface area contributed by atoms with E-state index in [4.69, 9.17) is 4.99 Å². The number of aliphatic imine (C=N–C) groups is 1. The predicted octanol–water partition coefficient (Wildman–Crippen LogP) is 2.36. The van der Waals surface area contributed by atoms with Gasteiger partial charge in [0.1, 0.15) is 5.82 Å². The van der Waals surface area contributed by atoms with Crippen LogP contribution in [0.2, 0.25) is 0 Å². The van der Waals surface area contributed by atoms with Crippen LogP contribution < -0.4 is 15.5 Å². The number of hydrogen-bond acceptors (Lipinski definition) is 5. The van der Waals surface area contributed by atoms with Crippen molar-refractivity contribution in [3.63, 3.8) is 0 Å². The molecule has 7 nitrogen and oxygen atoms in total. The first-order valence-electron chi connectivity index (χ1n) is 12.0. The molecule has 2 N–H and O–H groups in total. The molecule has 0 aromatic carbocycles. The maximum atomic E-state index is 12.3. The van der Waals surface area contributed by atoms with E-state index in [-0.39, 0.29) is 0 Å². The molecule has 3 atom stereocenters. The van der Waals surface area contributed by atoms with Gasteiger partial charge in [0.05, 0.1) is 6.54 Å². The van der Waals surface area contributed by atoms with Gasteiger partial charge in [-0.1, -0.05) is 20.3 Å². The van der Waals surface area contributed by atoms with Crippen LogP contribution in [0.4, 0.5) is 5.82 Å². The molecule has 3 rings (SSSR count).